The van der Waals surface area contributed by atoms with Gasteiger partial charge in [-0.05, 0) is 74.7 Å². The molecule has 0 aromatic heterocycles. The largest absolute Gasteiger partial charge is 0.508 e. The van der Waals surface area contributed by atoms with E-state index in [9.17, 15) is 19.5 Å². The molecule has 0 saturated heterocycles. The number of hydrogen-bond acceptors (Lipinski definition) is 5. The fraction of sp³-hybridized carbons (Fsp3) is 0.345. The Hall–Kier alpha value is -4.07. The van der Waals surface area contributed by atoms with Gasteiger partial charge in [0.25, 0.3) is 5.91 Å². The molecule has 0 bridgehead atoms. The highest BCUT2D eigenvalue weighted by Crippen LogP contribution is 2.27. The van der Waals surface area contributed by atoms with Crippen molar-refractivity contribution < 1.29 is 24.2 Å². The number of phenolic OH excluding ortho intramolecular Hbond substituents is 1. The summed E-state index contributed by atoms with van der Waals surface area (Å²) in [5.74, 6) is -0.794. The molecule has 3 aromatic rings. The molecule has 0 radical (unpaired) electrons. The predicted molar refractivity (Wildman–Crippen MR) is 144 cm³/mol. The zero-order chi connectivity index (χ0) is 27.2. The number of anilines is 1. The number of nitrogens with zero attached hydrogens (tertiary/aromatic N) is 1. The summed E-state index contributed by atoms with van der Waals surface area (Å²) in [4.78, 5) is 41.0. The number of carbonyl (C=O) groups is 3. The molecule has 3 N–H and O–H groups in total. The van der Waals surface area contributed by atoms with Gasteiger partial charge in [-0.3, -0.25) is 9.59 Å². The van der Waals surface area contributed by atoms with Crippen molar-refractivity contribution in [3.8, 4) is 5.75 Å². The molecule has 8 nitrogen and oxygen atoms in total. The van der Waals surface area contributed by atoms with E-state index in [1.807, 2.05) is 49.4 Å². The summed E-state index contributed by atoms with van der Waals surface area (Å²) in [5, 5.41) is 17.3. The van der Waals surface area contributed by atoms with Crippen molar-refractivity contribution in [2.75, 3.05) is 11.9 Å². The van der Waals surface area contributed by atoms with Crippen LogP contribution in [0.4, 0.5) is 10.5 Å². The van der Waals surface area contributed by atoms with Crippen LogP contribution in [0.3, 0.4) is 0 Å². The minimum Gasteiger partial charge on any atom is -0.508 e. The zero-order valence-corrected chi connectivity index (χ0v) is 21.9. The van der Waals surface area contributed by atoms with Gasteiger partial charge >= 0.3 is 6.09 Å². The van der Waals surface area contributed by atoms with Crippen LogP contribution in [-0.2, 0) is 14.3 Å². The van der Waals surface area contributed by atoms with Crippen molar-refractivity contribution in [2.24, 2.45) is 0 Å². The minimum atomic E-state index is -0.998. The average Bonchev–Trinajstić information content (AvgIpc) is 2.83. The van der Waals surface area contributed by atoms with Crippen molar-refractivity contribution >= 4 is 34.4 Å². The Balaban J connectivity index is 1.92. The summed E-state index contributed by atoms with van der Waals surface area (Å²) in [7, 11) is 0. The Morgan fingerprint density at radius 3 is 2.24 bits per heavy atom. The number of phenols is 1. The second-order valence-electron chi connectivity index (χ2n) is 9.94. The summed E-state index contributed by atoms with van der Waals surface area (Å²) >= 11 is 0. The predicted octanol–water partition coefficient (Wildman–Crippen LogP) is 5.38. The van der Waals surface area contributed by atoms with Gasteiger partial charge in [0.1, 0.15) is 23.4 Å². The Labute approximate surface area is 217 Å². The highest BCUT2D eigenvalue weighted by molar-refractivity contribution is 6.00. The molecule has 0 saturated carbocycles. The van der Waals surface area contributed by atoms with E-state index in [0.29, 0.717) is 17.7 Å². The number of rotatable bonds is 8. The lowest BCUT2D eigenvalue weighted by molar-refractivity contribution is -0.140. The van der Waals surface area contributed by atoms with Crippen LogP contribution in [0.5, 0.6) is 5.75 Å². The van der Waals surface area contributed by atoms with Crippen molar-refractivity contribution in [3.05, 3.63) is 72.3 Å². The number of amides is 3. The smallest absolute Gasteiger partial charge is 0.408 e. The average molecular weight is 506 g/mol. The van der Waals surface area contributed by atoms with E-state index in [4.69, 9.17) is 4.74 Å². The maximum absolute atomic E-state index is 13.7. The van der Waals surface area contributed by atoms with Crippen LogP contribution in [0.25, 0.3) is 10.8 Å². The van der Waals surface area contributed by atoms with E-state index in [2.05, 4.69) is 10.6 Å². The molecule has 37 heavy (non-hydrogen) atoms. The van der Waals surface area contributed by atoms with Gasteiger partial charge < -0.3 is 25.4 Å². The molecule has 0 aliphatic heterocycles. The maximum Gasteiger partial charge on any atom is 0.408 e. The zero-order valence-electron chi connectivity index (χ0n) is 21.9. The topological polar surface area (TPSA) is 108 Å². The van der Waals surface area contributed by atoms with Gasteiger partial charge in [0.15, 0.2) is 0 Å². The summed E-state index contributed by atoms with van der Waals surface area (Å²) in [6.45, 7) is 8.95. The Morgan fingerprint density at radius 2 is 1.62 bits per heavy atom. The first kappa shape index (κ1) is 27.5. The third-order valence-electron chi connectivity index (χ3n) is 5.64. The molecule has 0 fully saturated rings. The molecule has 0 aliphatic carbocycles. The fourth-order valence-corrected chi connectivity index (χ4v) is 4.01. The number of alkyl carbamates (subject to hydrolysis) is 1. The normalized spacial score (nSPS) is 12.9. The molecule has 0 aliphatic rings. The Bertz CT molecular complexity index is 1250. The standard InChI is InChI=1S/C29H35N3O5/c1-6-17-32(27(35)19(2)30-28(36)37-29(3,4)5)25(21-12-15-24(33)16-13-21)26(34)31-23-14-11-20-9-7-8-10-22(20)18-23/h7-16,18-19,25,33H,6,17H2,1-5H3,(H,30,36)(H,31,34). The van der Waals surface area contributed by atoms with E-state index in [1.165, 1.54) is 17.0 Å². The maximum atomic E-state index is 13.7. The number of hydrogen-bond donors (Lipinski definition) is 3. The minimum absolute atomic E-state index is 0.0470. The van der Waals surface area contributed by atoms with Crippen molar-refractivity contribution in [3.63, 3.8) is 0 Å². The number of benzene rings is 3. The van der Waals surface area contributed by atoms with E-state index in [1.54, 1.807) is 39.8 Å². The molecular formula is C29H35N3O5. The van der Waals surface area contributed by atoms with Crippen LogP contribution in [0, 0.1) is 0 Å². The quantitative estimate of drug-likeness (QED) is 0.381. The van der Waals surface area contributed by atoms with Crippen molar-refractivity contribution in [1.82, 2.24) is 10.2 Å². The summed E-state index contributed by atoms with van der Waals surface area (Å²) in [5.41, 5.74) is 0.406. The first-order valence-corrected chi connectivity index (χ1v) is 12.4. The molecule has 3 aromatic carbocycles. The van der Waals surface area contributed by atoms with E-state index >= 15 is 0 Å². The summed E-state index contributed by atoms with van der Waals surface area (Å²) in [6, 6.07) is 17.7. The number of aromatic hydroxyl groups is 1. The van der Waals surface area contributed by atoms with Gasteiger partial charge in [0, 0.05) is 12.2 Å². The molecule has 196 valence electrons. The van der Waals surface area contributed by atoms with E-state index < -0.39 is 35.6 Å². The Morgan fingerprint density at radius 1 is 0.973 bits per heavy atom. The van der Waals surface area contributed by atoms with Gasteiger partial charge in [-0.25, -0.2) is 4.79 Å². The fourth-order valence-electron chi connectivity index (χ4n) is 4.01. The van der Waals surface area contributed by atoms with E-state index in [-0.39, 0.29) is 12.3 Å². The van der Waals surface area contributed by atoms with Crippen LogP contribution in [0.15, 0.2) is 66.7 Å². The lowest BCUT2D eigenvalue weighted by Crippen LogP contribution is -2.51. The molecule has 0 heterocycles. The highest BCUT2D eigenvalue weighted by Gasteiger charge is 2.34. The molecule has 8 heteroatoms. The molecule has 3 rings (SSSR count). The molecule has 2 unspecified atom stereocenters. The van der Waals surface area contributed by atoms with Gasteiger partial charge in [0.05, 0.1) is 0 Å². The van der Waals surface area contributed by atoms with Gasteiger partial charge in [-0.15, -0.1) is 0 Å². The number of nitrogens with one attached hydrogen (secondary N) is 2. The van der Waals surface area contributed by atoms with Crippen LogP contribution >= 0.6 is 0 Å². The first-order chi connectivity index (χ1) is 17.5. The van der Waals surface area contributed by atoms with Gasteiger partial charge in [-0.1, -0.05) is 49.4 Å². The number of carbonyl (C=O) groups excluding carboxylic acids is 3. The number of ether oxygens (including phenoxy) is 1. The third kappa shape index (κ3) is 7.46. The molecular weight excluding hydrogens is 470 g/mol. The number of fused-ring (bicyclic) bond motifs is 1. The summed E-state index contributed by atoms with van der Waals surface area (Å²) in [6.07, 6.45) is -0.130. The van der Waals surface area contributed by atoms with Crippen LogP contribution in [-0.4, -0.2) is 46.1 Å². The van der Waals surface area contributed by atoms with Gasteiger partial charge in [0.2, 0.25) is 5.91 Å². The molecule has 0 spiro atoms. The second kappa shape index (κ2) is 11.8. The monoisotopic (exact) mass is 505 g/mol. The van der Waals surface area contributed by atoms with Crippen molar-refractivity contribution in [1.29, 1.82) is 0 Å². The molecule has 2 atom stereocenters. The van der Waals surface area contributed by atoms with Gasteiger partial charge in [-0.2, -0.15) is 0 Å². The van der Waals surface area contributed by atoms with Crippen LogP contribution in [0.1, 0.15) is 52.6 Å². The van der Waals surface area contributed by atoms with E-state index in [0.717, 1.165) is 10.8 Å². The Kier molecular flexibility index (Phi) is 8.76. The SMILES string of the molecule is CCCN(C(=O)C(C)NC(=O)OC(C)(C)C)C(C(=O)Nc1ccc2ccccc2c1)c1ccc(O)cc1. The highest BCUT2D eigenvalue weighted by atomic mass is 16.6. The summed E-state index contributed by atoms with van der Waals surface area (Å²) < 4.78 is 5.29. The lowest BCUT2D eigenvalue weighted by atomic mass is 10.0. The lowest BCUT2D eigenvalue weighted by Gasteiger charge is -2.33. The van der Waals surface area contributed by atoms with Crippen LogP contribution in [0.2, 0.25) is 0 Å². The first-order valence-electron chi connectivity index (χ1n) is 12.4. The second-order valence-corrected chi connectivity index (χ2v) is 9.94. The molecule has 3 amide bonds. The third-order valence-corrected chi connectivity index (χ3v) is 5.64. The van der Waals surface area contributed by atoms with Crippen LogP contribution < -0.4 is 10.6 Å². The van der Waals surface area contributed by atoms with Crippen molar-refractivity contribution in [2.45, 2.75) is 58.7 Å².